The maximum atomic E-state index is 13.5. The molecule has 0 unspecified atom stereocenters. The molecule has 1 heterocycles. The molecule has 35 heavy (non-hydrogen) atoms. The number of aryl methyl sites for hydroxylation is 1. The average Bonchev–Trinajstić information content (AvgIpc) is 3.35. The maximum Gasteiger partial charge on any atom is 0.409 e. The SMILES string of the molecule is Cc1cc(F)ccc1-c1ccc(NC(=O)O)c(NC(=O)CC(=O)c2cccc(-n3ccnc3)c2)c1. The highest BCUT2D eigenvalue weighted by Crippen LogP contribution is 2.31. The van der Waals surface area contributed by atoms with Crippen LogP contribution in [0.4, 0.5) is 20.6 Å². The number of hydrogen-bond acceptors (Lipinski definition) is 4. The van der Waals surface area contributed by atoms with Crippen LogP contribution in [-0.4, -0.2) is 32.4 Å². The summed E-state index contributed by atoms with van der Waals surface area (Å²) in [5, 5.41) is 14.0. The first-order chi connectivity index (χ1) is 16.8. The molecule has 2 amide bonds. The summed E-state index contributed by atoms with van der Waals surface area (Å²) in [7, 11) is 0. The lowest BCUT2D eigenvalue weighted by Gasteiger charge is -2.14. The first-order valence-corrected chi connectivity index (χ1v) is 10.6. The lowest BCUT2D eigenvalue weighted by molar-refractivity contribution is -0.115. The molecule has 4 aromatic rings. The van der Waals surface area contributed by atoms with Gasteiger partial charge in [-0.2, -0.15) is 0 Å². The van der Waals surface area contributed by atoms with E-state index in [4.69, 9.17) is 5.11 Å². The van der Waals surface area contributed by atoms with Gasteiger partial charge in [-0.15, -0.1) is 0 Å². The van der Waals surface area contributed by atoms with Gasteiger partial charge in [0.15, 0.2) is 5.78 Å². The fourth-order valence-electron chi connectivity index (χ4n) is 3.68. The number of ketones is 1. The van der Waals surface area contributed by atoms with Gasteiger partial charge in [-0.1, -0.05) is 24.3 Å². The van der Waals surface area contributed by atoms with Crippen molar-refractivity contribution >= 4 is 29.2 Å². The van der Waals surface area contributed by atoms with E-state index >= 15 is 0 Å². The largest absolute Gasteiger partial charge is 0.465 e. The average molecular weight is 472 g/mol. The summed E-state index contributed by atoms with van der Waals surface area (Å²) in [5.74, 6) is -1.38. The Kier molecular flexibility index (Phi) is 6.68. The molecule has 3 aromatic carbocycles. The standard InChI is InChI=1S/C26H21FN4O4/c1-16-11-19(27)6-7-21(16)17-5-8-22(30-26(34)35)23(13-17)29-25(33)14-24(32)18-3-2-4-20(12-18)31-10-9-28-15-31/h2-13,15,30H,14H2,1H3,(H,29,33)(H,34,35). The Bertz CT molecular complexity index is 1420. The van der Waals surface area contributed by atoms with Crippen LogP contribution in [0.1, 0.15) is 22.3 Å². The summed E-state index contributed by atoms with van der Waals surface area (Å²) in [6.07, 6.45) is 3.21. The molecule has 4 rings (SSSR count). The third-order valence-corrected chi connectivity index (χ3v) is 5.33. The molecular formula is C26H21FN4O4. The summed E-state index contributed by atoms with van der Waals surface area (Å²) >= 11 is 0. The van der Waals surface area contributed by atoms with Crippen molar-refractivity contribution in [2.24, 2.45) is 0 Å². The lowest BCUT2D eigenvalue weighted by Crippen LogP contribution is -2.18. The van der Waals surface area contributed by atoms with E-state index in [0.717, 1.165) is 11.3 Å². The monoisotopic (exact) mass is 472 g/mol. The molecule has 0 aliphatic heterocycles. The van der Waals surface area contributed by atoms with Crippen LogP contribution < -0.4 is 10.6 Å². The van der Waals surface area contributed by atoms with E-state index in [0.29, 0.717) is 16.7 Å². The summed E-state index contributed by atoms with van der Waals surface area (Å²) in [5.41, 5.74) is 3.44. The normalized spacial score (nSPS) is 10.6. The van der Waals surface area contributed by atoms with Crippen LogP contribution in [0.25, 0.3) is 16.8 Å². The molecule has 8 nitrogen and oxygen atoms in total. The van der Waals surface area contributed by atoms with Crippen molar-refractivity contribution in [3.63, 3.8) is 0 Å². The van der Waals surface area contributed by atoms with Crippen LogP contribution in [0.3, 0.4) is 0 Å². The summed E-state index contributed by atoms with van der Waals surface area (Å²) in [4.78, 5) is 40.7. The van der Waals surface area contributed by atoms with Crippen molar-refractivity contribution in [3.8, 4) is 16.8 Å². The van der Waals surface area contributed by atoms with Crippen LogP contribution in [0, 0.1) is 12.7 Å². The van der Waals surface area contributed by atoms with Crippen molar-refractivity contribution in [3.05, 3.63) is 96.3 Å². The number of anilines is 2. The lowest BCUT2D eigenvalue weighted by atomic mass is 9.99. The van der Waals surface area contributed by atoms with E-state index in [1.54, 1.807) is 66.6 Å². The maximum absolute atomic E-state index is 13.5. The number of carbonyl (C=O) groups is 3. The number of amides is 2. The van der Waals surface area contributed by atoms with E-state index in [1.165, 1.54) is 18.2 Å². The first kappa shape index (κ1) is 23.4. The van der Waals surface area contributed by atoms with Gasteiger partial charge in [0.2, 0.25) is 5.91 Å². The van der Waals surface area contributed by atoms with Gasteiger partial charge >= 0.3 is 6.09 Å². The fraction of sp³-hybridized carbons (Fsp3) is 0.0769. The molecular weight excluding hydrogens is 451 g/mol. The molecule has 0 atom stereocenters. The number of nitrogens with zero attached hydrogens (tertiary/aromatic N) is 2. The van der Waals surface area contributed by atoms with Crippen molar-refractivity contribution in [1.82, 2.24) is 9.55 Å². The van der Waals surface area contributed by atoms with Gasteiger partial charge in [0.1, 0.15) is 5.82 Å². The second kappa shape index (κ2) is 10.0. The minimum absolute atomic E-state index is 0.143. The number of imidazole rings is 1. The van der Waals surface area contributed by atoms with Gasteiger partial charge in [0, 0.05) is 23.6 Å². The molecule has 0 saturated carbocycles. The Balaban J connectivity index is 1.56. The summed E-state index contributed by atoms with van der Waals surface area (Å²) in [6, 6.07) is 15.8. The van der Waals surface area contributed by atoms with Gasteiger partial charge < -0.3 is 15.0 Å². The highest BCUT2D eigenvalue weighted by Gasteiger charge is 2.16. The van der Waals surface area contributed by atoms with Gasteiger partial charge in [-0.05, 0) is 60.0 Å². The van der Waals surface area contributed by atoms with E-state index < -0.39 is 24.2 Å². The number of nitrogens with one attached hydrogen (secondary N) is 2. The zero-order valence-electron chi connectivity index (χ0n) is 18.7. The van der Waals surface area contributed by atoms with Crippen LogP contribution in [0.5, 0.6) is 0 Å². The fourth-order valence-corrected chi connectivity index (χ4v) is 3.68. The third-order valence-electron chi connectivity index (χ3n) is 5.33. The van der Waals surface area contributed by atoms with Crippen LogP contribution >= 0.6 is 0 Å². The van der Waals surface area contributed by atoms with E-state index in [9.17, 15) is 18.8 Å². The van der Waals surface area contributed by atoms with Gasteiger partial charge in [0.25, 0.3) is 0 Å². The summed E-state index contributed by atoms with van der Waals surface area (Å²) < 4.78 is 15.3. The van der Waals surface area contributed by atoms with Crippen molar-refractivity contribution in [2.45, 2.75) is 13.3 Å². The molecule has 0 spiro atoms. The van der Waals surface area contributed by atoms with Crippen LogP contribution in [0.2, 0.25) is 0 Å². The number of carboxylic acid groups (broad SMARTS) is 1. The molecule has 0 aliphatic carbocycles. The molecule has 0 radical (unpaired) electrons. The quantitative estimate of drug-likeness (QED) is 0.250. The van der Waals surface area contributed by atoms with E-state index in [2.05, 4.69) is 15.6 Å². The van der Waals surface area contributed by atoms with Crippen LogP contribution in [0.15, 0.2) is 79.4 Å². The number of rotatable bonds is 7. The van der Waals surface area contributed by atoms with Crippen LogP contribution in [-0.2, 0) is 4.79 Å². The highest BCUT2D eigenvalue weighted by atomic mass is 19.1. The minimum atomic E-state index is -1.31. The molecule has 0 bridgehead atoms. The molecule has 0 aliphatic rings. The molecule has 176 valence electrons. The smallest absolute Gasteiger partial charge is 0.409 e. The summed E-state index contributed by atoms with van der Waals surface area (Å²) in [6.45, 7) is 1.75. The number of aromatic nitrogens is 2. The number of halogens is 1. The minimum Gasteiger partial charge on any atom is -0.465 e. The number of benzene rings is 3. The third kappa shape index (κ3) is 5.59. The van der Waals surface area contributed by atoms with Crippen molar-refractivity contribution in [1.29, 1.82) is 0 Å². The Morgan fingerprint density at radius 1 is 1.00 bits per heavy atom. The van der Waals surface area contributed by atoms with Gasteiger partial charge in [-0.3, -0.25) is 14.9 Å². The Hall–Kier alpha value is -4.79. The highest BCUT2D eigenvalue weighted by molar-refractivity contribution is 6.12. The molecule has 0 saturated heterocycles. The zero-order valence-corrected chi connectivity index (χ0v) is 18.7. The molecule has 1 aromatic heterocycles. The number of hydrogen-bond donors (Lipinski definition) is 3. The predicted octanol–water partition coefficient (Wildman–Crippen LogP) is 5.29. The Morgan fingerprint density at radius 3 is 2.54 bits per heavy atom. The van der Waals surface area contributed by atoms with E-state index in [-0.39, 0.29) is 17.2 Å². The first-order valence-electron chi connectivity index (χ1n) is 10.6. The van der Waals surface area contributed by atoms with Gasteiger partial charge in [0.05, 0.1) is 24.1 Å². The second-order valence-electron chi connectivity index (χ2n) is 7.82. The Labute approximate surface area is 200 Å². The topological polar surface area (TPSA) is 113 Å². The van der Waals surface area contributed by atoms with Crippen molar-refractivity contribution < 1.29 is 23.9 Å². The second-order valence-corrected chi connectivity index (χ2v) is 7.82. The van der Waals surface area contributed by atoms with Gasteiger partial charge in [-0.25, -0.2) is 14.2 Å². The molecule has 3 N–H and O–H groups in total. The molecule has 0 fully saturated rings. The Morgan fingerprint density at radius 2 is 1.83 bits per heavy atom. The molecule has 9 heteroatoms. The van der Waals surface area contributed by atoms with Crippen molar-refractivity contribution in [2.75, 3.05) is 10.6 Å². The predicted molar refractivity (Wildman–Crippen MR) is 129 cm³/mol. The van der Waals surface area contributed by atoms with E-state index in [1.807, 2.05) is 6.07 Å². The zero-order chi connectivity index (χ0) is 24.9. The number of Topliss-reactive ketones (excluding diaryl/α,β-unsaturated/α-hetero) is 1. The number of carbonyl (C=O) groups excluding carboxylic acids is 2.